The fraction of sp³-hybridized carbons (Fsp3) is 1.00. The van der Waals surface area contributed by atoms with Crippen LogP contribution in [0.25, 0.3) is 0 Å². The summed E-state index contributed by atoms with van der Waals surface area (Å²) in [6, 6.07) is 0. The molecule has 1 fully saturated rings. The van der Waals surface area contributed by atoms with E-state index in [4.69, 9.17) is 18.9 Å². The van der Waals surface area contributed by atoms with Gasteiger partial charge in [0.05, 0.1) is 13.2 Å². The van der Waals surface area contributed by atoms with Crippen molar-refractivity contribution in [2.45, 2.75) is 81.8 Å². The van der Waals surface area contributed by atoms with Gasteiger partial charge >= 0.3 is 0 Å². The second-order valence-corrected chi connectivity index (χ2v) is 7.50. The zero-order chi connectivity index (χ0) is 16.2. The van der Waals surface area contributed by atoms with Crippen molar-refractivity contribution >= 4 is 0 Å². The summed E-state index contributed by atoms with van der Waals surface area (Å²) < 4.78 is 21.4. The highest BCUT2D eigenvalue weighted by atomic mass is 16.7. The average molecular weight is 323 g/mol. The lowest BCUT2D eigenvalue weighted by molar-refractivity contribution is -0.250. The Labute approximate surface area is 139 Å². The maximum Gasteiger partial charge on any atom is 0.170 e. The highest BCUT2D eigenvalue weighted by molar-refractivity contribution is 4.82. The summed E-state index contributed by atoms with van der Waals surface area (Å²) in [5.41, 5.74) is 0.0833. The Morgan fingerprint density at radius 2 is 1.09 bits per heavy atom. The van der Waals surface area contributed by atoms with Crippen molar-refractivity contribution in [2.24, 2.45) is 10.8 Å². The summed E-state index contributed by atoms with van der Waals surface area (Å²) >= 11 is 0. The summed E-state index contributed by atoms with van der Waals surface area (Å²) in [7, 11) is 3.32. The van der Waals surface area contributed by atoms with E-state index in [0.717, 1.165) is 13.2 Å². The van der Waals surface area contributed by atoms with Gasteiger partial charge in [-0.05, 0) is 13.8 Å². The molecule has 0 unspecified atom stereocenters. The predicted octanol–water partition coefficient (Wildman–Crippen LogP) is 5.11. The number of methoxy groups -OCH3 is 2. The zero-order valence-corrected chi connectivity index (χ0v) is 15.0. The molecule has 0 spiro atoms. The molecule has 1 saturated heterocycles. The Kier molecular flexibility index (Phi) is 11.2. The van der Waals surface area contributed by atoms with Gasteiger partial charge in [-0.2, -0.15) is 0 Å². The molecule has 0 radical (unpaired) electrons. The number of hydrogen-bond donors (Lipinski definition) is 0. The molecule has 1 heterocycles. The van der Waals surface area contributed by atoms with Crippen molar-refractivity contribution in [1.29, 1.82) is 0 Å². The van der Waals surface area contributed by atoms with E-state index >= 15 is 0 Å². The van der Waals surface area contributed by atoms with Crippen LogP contribution >= 0.6 is 0 Å². The first-order chi connectivity index (χ1) is 8.83. The molecule has 0 bridgehead atoms. The van der Waals surface area contributed by atoms with Crippen molar-refractivity contribution in [3.05, 3.63) is 0 Å². The minimum atomic E-state index is -0.479. The molecular weight excluding hydrogens is 280 g/mol. The second-order valence-electron chi connectivity index (χ2n) is 7.50. The Bertz CT molecular complexity index is 262. The Morgan fingerprint density at radius 3 is 1.18 bits per heavy atom. The molecule has 1 aliphatic rings. The molecule has 1 rings (SSSR count). The SMILES string of the molecule is C.C.CC(C)(C)C1(C)OCCO1.COC(C)(OC)C(C)(C)C. The number of hydrogen-bond acceptors (Lipinski definition) is 4. The van der Waals surface area contributed by atoms with Gasteiger partial charge < -0.3 is 18.9 Å². The van der Waals surface area contributed by atoms with Gasteiger partial charge in [0, 0.05) is 25.0 Å². The monoisotopic (exact) mass is 322 g/mol. The van der Waals surface area contributed by atoms with E-state index in [-0.39, 0.29) is 31.5 Å². The first kappa shape index (κ1) is 26.7. The van der Waals surface area contributed by atoms with Crippen LogP contribution in [0.5, 0.6) is 0 Å². The van der Waals surface area contributed by atoms with E-state index in [1.54, 1.807) is 14.2 Å². The van der Waals surface area contributed by atoms with Gasteiger partial charge in [0.25, 0.3) is 0 Å². The zero-order valence-electron chi connectivity index (χ0n) is 15.0. The lowest BCUT2D eigenvalue weighted by Crippen LogP contribution is -2.43. The van der Waals surface area contributed by atoms with Crippen LogP contribution in [-0.4, -0.2) is 39.0 Å². The summed E-state index contributed by atoms with van der Waals surface area (Å²) in [5, 5.41) is 0. The van der Waals surface area contributed by atoms with Crippen LogP contribution in [0.3, 0.4) is 0 Å². The fourth-order valence-electron chi connectivity index (χ4n) is 1.64. The van der Waals surface area contributed by atoms with E-state index in [2.05, 4.69) is 41.5 Å². The highest BCUT2D eigenvalue weighted by Crippen LogP contribution is 2.37. The molecule has 0 amide bonds. The maximum absolute atomic E-state index is 5.48. The first-order valence-electron chi connectivity index (χ1n) is 7.21. The molecule has 0 atom stereocenters. The normalized spacial score (nSPS) is 17.7. The summed E-state index contributed by atoms with van der Waals surface area (Å²) in [6.07, 6.45) is 0. The molecule has 138 valence electrons. The number of ether oxygens (including phenoxy) is 4. The largest absolute Gasteiger partial charge is 0.353 e. The van der Waals surface area contributed by atoms with E-state index in [9.17, 15) is 0 Å². The minimum absolute atomic E-state index is 0. The van der Waals surface area contributed by atoms with Crippen LogP contribution in [0.2, 0.25) is 0 Å². The van der Waals surface area contributed by atoms with Crippen LogP contribution in [0, 0.1) is 10.8 Å². The number of rotatable bonds is 2. The molecule has 0 aromatic heterocycles. The van der Waals surface area contributed by atoms with Crippen molar-refractivity contribution in [1.82, 2.24) is 0 Å². The summed E-state index contributed by atoms with van der Waals surface area (Å²) in [4.78, 5) is 0. The quantitative estimate of drug-likeness (QED) is 0.662. The average Bonchev–Trinajstić information content (AvgIpc) is 2.75. The lowest BCUT2D eigenvalue weighted by atomic mass is 9.86. The summed E-state index contributed by atoms with van der Waals surface area (Å²) in [5.74, 6) is -0.847. The Morgan fingerprint density at radius 1 is 0.773 bits per heavy atom. The van der Waals surface area contributed by atoms with Crippen LogP contribution in [0.15, 0.2) is 0 Å². The smallest absolute Gasteiger partial charge is 0.170 e. The molecule has 22 heavy (non-hydrogen) atoms. The Balaban J connectivity index is -0.000000301. The van der Waals surface area contributed by atoms with E-state index in [0.29, 0.717) is 0 Å². The highest BCUT2D eigenvalue weighted by Gasteiger charge is 2.42. The molecule has 4 heteroatoms. The van der Waals surface area contributed by atoms with Crippen molar-refractivity contribution in [2.75, 3.05) is 27.4 Å². The van der Waals surface area contributed by atoms with Crippen LogP contribution in [0.4, 0.5) is 0 Å². The van der Waals surface area contributed by atoms with Gasteiger partial charge in [-0.1, -0.05) is 56.4 Å². The van der Waals surface area contributed by atoms with Crippen LogP contribution in [-0.2, 0) is 18.9 Å². The third kappa shape index (κ3) is 6.53. The van der Waals surface area contributed by atoms with Gasteiger partial charge in [0.2, 0.25) is 0 Å². The van der Waals surface area contributed by atoms with Crippen LogP contribution < -0.4 is 0 Å². The standard InChI is InChI=1S/C8H16O2.C8H18O2.2CH4/c1-7(2,3)8(4)9-5-6-10-8;1-7(2,3)8(4,9-5)10-6;;/h5-6H2,1-4H3;1-6H3;2*1H4. The first-order valence-corrected chi connectivity index (χ1v) is 7.21. The predicted molar refractivity (Wildman–Crippen MR) is 95.1 cm³/mol. The molecule has 0 aromatic rings. The van der Waals surface area contributed by atoms with Gasteiger partial charge in [-0.25, -0.2) is 0 Å². The van der Waals surface area contributed by atoms with Crippen LogP contribution in [0.1, 0.15) is 70.2 Å². The van der Waals surface area contributed by atoms with Gasteiger partial charge in [0.15, 0.2) is 11.6 Å². The molecule has 0 aliphatic carbocycles. The molecule has 0 saturated carbocycles. The molecular formula is C18H42O4. The molecule has 0 aromatic carbocycles. The maximum atomic E-state index is 5.48. The van der Waals surface area contributed by atoms with Gasteiger partial charge in [-0.3, -0.25) is 0 Å². The topological polar surface area (TPSA) is 36.9 Å². The van der Waals surface area contributed by atoms with Gasteiger partial charge in [-0.15, -0.1) is 0 Å². The third-order valence-corrected chi connectivity index (χ3v) is 4.34. The van der Waals surface area contributed by atoms with Crippen molar-refractivity contribution in [3.8, 4) is 0 Å². The molecule has 4 nitrogen and oxygen atoms in total. The van der Waals surface area contributed by atoms with E-state index in [1.165, 1.54) is 0 Å². The lowest BCUT2D eigenvalue weighted by Gasteiger charge is -2.38. The van der Waals surface area contributed by atoms with E-state index in [1.807, 2.05) is 13.8 Å². The second kappa shape index (κ2) is 9.21. The van der Waals surface area contributed by atoms with Crippen molar-refractivity contribution < 1.29 is 18.9 Å². The van der Waals surface area contributed by atoms with Gasteiger partial charge in [0.1, 0.15) is 0 Å². The molecule has 0 N–H and O–H groups in total. The minimum Gasteiger partial charge on any atom is -0.353 e. The summed E-state index contributed by atoms with van der Waals surface area (Å²) in [6.45, 7) is 18.0. The third-order valence-electron chi connectivity index (χ3n) is 4.34. The molecule has 1 aliphatic heterocycles. The fourth-order valence-corrected chi connectivity index (χ4v) is 1.64. The Hall–Kier alpha value is -0.160. The van der Waals surface area contributed by atoms with E-state index < -0.39 is 5.79 Å². The van der Waals surface area contributed by atoms with Crippen molar-refractivity contribution in [3.63, 3.8) is 0 Å².